The number of urea groups is 1. The highest BCUT2D eigenvalue weighted by Gasteiger charge is 2.20. The molecular formula is C13H27N3O3. The zero-order valence-electron chi connectivity index (χ0n) is 12.4. The molecule has 0 rings (SSSR count). The summed E-state index contributed by atoms with van der Waals surface area (Å²) in [7, 11) is 0. The number of hydrogen-bond donors (Lipinski definition) is 3. The van der Waals surface area contributed by atoms with Gasteiger partial charge >= 0.3 is 12.0 Å². The third-order valence-electron chi connectivity index (χ3n) is 2.92. The molecule has 2 amide bonds. The number of rotatable bonds is 9. The quantitative estimate of drug-likeness (QED) is 0.588. The van der Waals surface area contributed by atoms with E-state index in [-0.39, 0.29) is 5.92 Å². The molecule has 6 heteroatoms. The van der Waals surface area contributed by atoms with Gasteiger partial charge in [-0.05, 0) is 25.4 Å². The lowest BCUT2D eigenvalue weighted by Crippen LogP contribution is -2.48. The summed E-state index contributed by atoms with van der Waals surface area (Å²) < 4.78 is 0. The zero-order valence-corrected chi connectivity index (χ0v) is 12.4. The van der Waals surface area contributed by atoms with E-state index in [0.717, 1.165) is 19.6 Å². The zero-order chi connectivity index (χ0) is 14.8. The molecule has 0 unspecified atom stereocenters. The van der Waals surface area contributed by atoms with Gasteiger partial charge in [-0.3, -0.25) is 0 Å². The van der Waals surface area contributed by atoms with Crippen molar-refractivity contribution in [3.63, 3.8) is 0 Å². The van der Waals surface area contributed by atoms with Crippen molar-refractivity contribution in [3.05, 3.63) is 0 Å². The van der Waals surface area contributed by atoms with E-state index >= 15 is 0 Å². The maximum Gasteiger partial charge on any atom is 0.326 e. The molecule has 0 radical (unpaired) electrons. The fraction of sp³-hybridized carbons (Fsp3) is 0.846. The van der Waals surface area contributed by atoms with Crippen LogP contribution in [0, 0.1) is 5.92 Å². The van der Waals surface area contributed by atoms with Crippen molar-refractivity contribution in [3.8, 4) is 0 Å². The standard InChI is InChI=1S/C13H27N3O3/c1-5-16(6-2)8-7-14-13(19)15-11(12(17)18)9-10(3)4/h10-11H,5-9H2,1-4H3,(H,17,18)(H2,14,15,19)/t11-/m1/s1. The summed E-state index contributed by atoms with van der Waals surface area (Å²) >= 11 is 0. The van der Waals surface area contributed by atoms with Crippen LogP contribution in [0.2, 0.25) is 0 Å². The van der Waals surface area contributed by atoms with Crippen LogP contribution in [0.1, 0.15) is 34.1 Å². The Morgan fingerprint density at radius 2 is 1.79 bits per heavy atom. The third kappa shape index (κ3) is 8.42. The minimum absolute atomic E-state index is 0.220. The van der Waals surface area contributed by atoms with Gasteiger partial charge in [0.05, 0.1) is 0 Å². The molecule has 6 nitrogen and oxygen atoms in total. The lowest BCUT2D eigenvalue weighted by molar-refractivity contribution is -0.139. The first-order chi connectivity index (χ1) is 8.90. The van der Waals surface area contributed by atoms with Crippen molar-refractivity contribution in [2.24, 2.45) is 5.92 Å². The Hall–Kier alpha value is -1.30. The minimum atomic E-state index is -0.993. The van der Waals surface area contributed by atoms with Gasteiger partial charge in [0.2, 0.25) is 0 Å². The van der Waals surface area contributed by atoms with Gasteiger partial charge in [-0.2, -0.15) is 0 Å². The van der Waals surface area contributed by atoms with E-state index in [4.69, 9.17) is 5.11 Å². The highest BCUT2D eigenvalue weighted by Crippen LogP contribution is 2.04. The monoisotopic (exact) mass is 273 g/mol. The number of hydrogen-bond acceptors (Lipinski definition) is 3. The van der Waals surface area contributed by atoms with E-state index in [1.807, 2.05) is 13.8 Å². The molecule has 0 aromatic rings. The normalized spacial score (nSPS) is 12.5. The first-order valence-electron chi connectivity index (χ1n) is 6.90. The predicted molar refractivity (Wildman–Crippen MR) is 75.2 cm³/mol. The molecule has 19 heavy (non-hydrogen) atoms. The van der Waals surface area contributed by atoms with Crippen LogP contribution in [-0.2, 0) is 4.79 Å². The molecule has 0 saturated carbocycles. The second-order valence-electron chi connectivity index (χ2n) is 4.95. The van der Waals surface area contributed by atoms with Gasteiger partial charge in [0, 0.05) is 13.1 Å². The molecule has 0 heterocycles. The summed E-state index contributed by atoms with van der Waals surface area (Å²) in [4.78, 5) is 24.8. The second-order valence-corrected chi connectivity index (χ2v) is 4.95. The van der Waals surface area contributed by atoms with Crippen molar-refractivity contribution in [2.45, 2.75) is 40.2 Å². The number of nitrogens with zero attached hydrogens (tertiary/aromatic N) is 1. The number of nitrogens with one attached hydrogen (secondary N) is 2. The van der Waals surface area contributed by atoms with Gasteiger partial charge in [0.15, 0.2) is 0 Å². The predicted octanol–water partition coefficient (Wildman–Crippen LogP) is 1.13. The van der Waals surface area contributed by atoms with Gasteiger partial charge in [0.25, 0.3) is 0 Å². The Labute approximate surface area is 115 Å². The number of carbonyl (C=O) groups is 2. The smallest absolute Gasteiger partial charge is 0.326 e. The van der Waals surface area contributed by atoms with Crippen LogP contribution >= 0.6 is 0 Å². The number of carboxylic acids is 1. The Morgan fingerprint density at radius 3 is 2.21 bits per heavy atom. The third-order valence-corrected chi connectivity index (χ3v) is 2.92. The fourth-order valence-electron chi connectivity index (χ4n) is 1.77. The number of carbonyl (C=O) groups excluding carboxylic acids is 1. The number of aliphatic carboxylic acids is 1. The number of carboxylic acid groups (broad SMARTS) is 1. The lowest BCUT2D eigenvalue weighted by Gasteiger charge is -2.20. The second kappa shape index (κ2) is 9.61. The summed E-state index contributed by atoms with van der Waals surface area (Å²) in [6, 6.07) is -1.24. The number of amides is 2. The van der Waals surface area contributed by atoms with E-state index in [1.54, 1.807) is 0 Å². The van der Waals surface area contributed by atoms with Crippen LogP contribution in [-0.4, -0.2) is 54.2 Å². The largest absolute Gasteiger partial charge is 0.480 e. The summed E-state index contributed by atoms with van der Waals surface area (Å²) in [5.74, 6) is -0.773. The highest BCUT2D eigenvalue weighted by molar-refractivity contribution is 5.82. The Morgan fingerprint density at radius 1 is 1.21 bits per heavy atom. The SMILES string of the molecule is CCN(CC)CCNC(=O)N[C@H](CC(C)C)C(=O)O. The van der Waals surface area contributed by atoms with E-state index in [0.29, 0.717) is 13.0 Å². The fourth-order valence-corrected chi connectivity index (χ4v) is 1.77. The molecule has 0 aliphatic heterocycles. The molecule has 0 spiro atoms. The maximum absolute atomic E-state index is 11.6. The number of likely N-dealkylation sites (N-methyl/N-ethyl adjacent to an activating group) is 1. The highest BCUT2D eigenvalue weighted by atomic mass is 16.4. The van der Waals surface area contributed by atoms with Crippen LogP contribution in [0.5, 0.6) is 0 Å². The van der Waals surface area contributed by atoms with E-state index < -0.39 is 18.0 Å². The Bertz CT molecular complexity index is 278. The Balaban J connectivity index is 4.03. The van der Waals surface area contributed by atoms with Gasteiger partial charge in [-0.15, -0.1) is 0 Å². The summed E-state index contributed by atoms with van der Waals surface area (Å²) in [6.45, 7) is 11.1. The van der Waals surface area contributed by atoms with Crippen molar-refractivity contribution in [2.75, 3.05) is 26.2 Å². The van der Waals surface area contributed by atoms with Gasteiger partial charge in [-0.1, -0.05) is 27.7 Å². The van der Waals surface area contributed by atoms with Crippen LogP contribution in [0.3, 0.4) is 0 Å². The van der Waals surface area contributed by atoms with Crippen molar-refractivity contribution in [1.82, 2.24) is 15.5 Å². The average Bonchev–Trinajstić information content (AvgIpc) is 2.33. The molecule has 0 aromatic carbocycles. The van der Waals surface area contributed by atoms with E-state index in [1.165, 1.54) is 0 Å². The summed E-state index contributed by atoms with van der Waals surface area (Å²) in [6.07, 6.45) is 0.429. The van der Waals surface area contributed by atoms with E-state index in [2.05, 4.69) is 29.4 Å². The minimum Gasteiger partial charge on any atom is -0.480 e. The van der Waals surface area contributed by atoms with Crippen LogP contribution < -0.4 is 10.6 Å². The van der Waals surface area contributed by atoms with Crippen molar-refractivity contribution >= 4 is 12.0 Å². The molecule has 1 atom stereocenters. The average molecular weight is 273 g/mol. The van der Waals surface area contributed by atoms with Crippen molar-refractivity contribution < 1.29 is 14.7 Å². The summed E-state index contributed by atoms with van der Waals surface area (Å²) in [5, 5.41) is 14.2. The molecule has 0 aromatic heterocycles. The lowest BCUT2D eigenvalue weighted by atomic mass is 10.0. The molecule has 3 N–H and O–H groups in total. The molecule has 0 fully saturated rings. The van der Waals surface area contributed by atoms with Crippen LogP contribution in [0.4, 0.5) is 4.79 Å². The molecular weight excluding hydrogens is 246 g/mol. The van der Waals surface area contributed by atoms with E-state index in [9.17, 15) is 9.59 Å². The van der Waals surface area contributed by atoms with Gasteiger partial charge < -0.3 is 20.6 Å². The van der Waals surface area contributed by atoms with Crippen molar-refractivity contribution in [1.29, 1.82) is 0 Å². The first-order valence-corrected chi connectivity index (χ1v) is 6.90. The topological polar surface area (TPSA) is 81.7 Å². The molecule has 0 aliphatic rings. The molecule has 0 aliphatic carbocycles. The molecule has 0 bridgehead atoms. The van der Waals surface area contributed by atoms with Gasteiger partial charge in [-0.25, -0.2) is 9.59 Å². The first kappa shape index (κ1) is 17.7. The maximum atomic E-state index is 11.6. The molecule has 112 valence electrons. The molecule has 0 saturated heterocycles. The Kier molecular flexibility index (Phi) is 8.95. The van der Waals surface area contributed by atoms with Gasteiger partial charge in [0.1, 0.15) is 6.04 Å². The van der Waals surface area contributed by atoms with Crippen LogP contribution in [0.15, 0.2) is 0 Å². The summed E-state index contributed by atoms with van der Waals surface area (Å²) in [5.41, 5.74) is 0. The van der Waals surface area contributed by atoms with Crippen LogP contribution in [0.25, 0.3) is 0 Å².